The fourth-order valence-electron chi connectivity index (χ4n) is 4.99. The number of carbonyl (C=O) groups excluding carboxylic acids is 1. The van der Waals surface area contributed by atoms with Crippen molar-refractivity contribution in [3.63, 3.8) is 0 Å². The summed E-state index contributed by atoms with van der Waals surface area (Å²) in [4.78, 5) is 15.6. The first-order valence-electron chi connectivity index (χ1n) is 8.95. The molecule has 4 rings (SSSR count). The molecule has 24 heavy (non-hydrogen) atoms. The zero-order chi connectivity index (χ0) is 17.1. The zero-order valence-corrected chi connectivity index (χ0v) is 15.4. The molecule has 0 radical (unpaired) electrons. The van der Waals surface area contributed by atoms with Crippen molar-refractivity contribution in [3.8, 4) is 0 Å². The van der Waals surface area contributed by atoms with Crippen LogP contribution in [-0.2, 0) is 4.79 Å². The molecule has 0 saturated carbocycles. The Kier molecular flexibility index (Phi) is 3.81. The van der Waals surface area contributed by atoms with Crippen LogP contribution in [0.15, 0.2) is 18.2 Å². The zero-order valence-electron chi connectivity index (χ0n) is 14.6. The molecule has 3 aliphatic rings. The summed E-state index contributed by atoms with van der Waals surface area (Å²) in [5.74, 6) is -0.146. The maximum Gasteiger partial charge on any atom is 0.230 e. The first kappa shape index (κ1) is 16.2. The monoisotopic (exact) mass is 347 g/mol. The summed E-state index contributed by atoms with van der Waals surface area (Å²) in [5.41, 5.74) is 1.59. The van der Waals surface area contributed by atoms with Crippen LogP contribution in [0.4, 0.5) is 5.69 Å². The van der Waals surface area contributed by atoms with E-state index in [0.717, 1.165) is 24.1 Å². The second-order valence-electron chi connectivity index (χ2n) is 8.21. The van der Waals surface area contributed by atoms with E-state index in [2.05, 4.69) is 36.4 Å². The maximum atomic E-state index is 13.1. The lowest BCUT2D eigenvalue weighted by molar-refractivity contribution is -0.124. The minimum Gasteiger partial charge on any atom is -0.379 e. The van der Waals surface area contributed by atoms with Gasteiger partial charge in [0.05, 0.1) is 5.92 Å². The highest BCUT2D eigenvalue weighted by molar-refractivity contribution is 6.32. The molecule has 3 heterocycles. The van der Waals surface area contributed by atoms with Gasteiger partial charge < -0.3 is 15.5 Å². The third-order valence-electron chi connectivity index (χ3n) is 6.23. The van der Waals surface area contributed by atoms with Crippen molar-refractivity contribution < 1.29 is 4.79 Å². The number of nitrogens with one attached hydrogen (secondary N) is 2. The van der Waals surface area contributed by atoms with Gasteiger partial charge in [-0.3, -0.25) is 4.79 Å². The molecule has 0 aliphatic carbocycles. The number of amides is 1. The fraction of sp³-hybridized carbons (Fsp3) is 0.632. The molecule has 3 aliphatic heterocycles. The number of carbonyl (C=O) groups is 1. The van der Waals surface area contributed by atoms with Crippen molar-refractivity contribution in [2.75, 3.05) is 12.4 Å². The number of rotatable bonds is 2. The van der Waals surface area contributed by atoms with E-state index in [-0.39, 0.29) is 23.4 Å². The van der Waals surface area contributed by atoms with Gasteiger partial charge in [0.2, 0.25) is 5.91 Å². The number of nitrogens with zero attached hydrogens (tertiary/aromatic N) is 1. The van der Waals surface area contributed by atoms with Gasteiger partial charge in [0.1, 0.15) is 0 Å². The van der Waals surface area contributed by atoms with Gasteiger partial charge in [-0.15, -0.1) is 0 Å². The molecule has 0 spiro atoms. The van der Waals surface area contributed by atoms with Crippen molar-refractivity contribution in [1.82, 2.24) is 10.2 Å². The second kappa shape index (κ2) is 5.63. The van der Waals surface area contributed by atoms with Crippen LogP contribution < -0.4 is 10.6 Å². The Morgan fingerprint density at radius 2 is 1.96 bits per heavy atom. The number of hydrogen-bond acceptors (Lipinski definition) is 3. The van der Waals surface area contributed by atoms with Gasteiger partial charge in [0.25, 0.3) is 0 Å². The lowest BCUT2D eigenvalue weighted by Gasteiger charge is -2.37. The summed E-state index contributed by atoms with van der Waals surface area (Å²) >= 11 is 6.43. The van der Waals surface area contributed by atoms with Crippen molar-refractivity contribution in [3.05, 3.63) is 28.8 Å². The lowest BCUT2D eigenvalue weighted by atomic mass is 9.84. The quantitative estimate of drug-likeness (QED) is 0.862. The standard InChI is InChI=1S/C19H26ClN3O/c1-19(2)17(16-14(20)5-4-6-15(16)22-19)18(24)21-11-9-12-7-8-13(10-11)23(12)3/h4-6,11-13,17,22H,7-10H2,1-3H3,(H,21,24). The van der Waals surface area contributed by atoms with E-state index >= 15 is 0 Å². The van der Waals surface area contributed by atoms with E-state index in [1.54, 1.807) is 0 Å². The molecule has 2 bridgehead atoms. The average molecular weight is 348 g/mol. The summed E-state index contributed by atoms with van der Waals surface area (Å²) in [6.45, 7) is 4.15. The van der Waals surface area contributed by atoms with E-state index in [9.17, 15) is 4.79 Å². The molecule has 2 saturated heterocycles. The Hall–Kier alpha value is -1.26. The SMILES string of the molecule is CN1C2CCC1CC(NC(=O)C1c3c(Cl)cccc3NC1(C)C)C2. The summed E-state index contributed by atoms with van der Waals surface area (Å²) in [7, 11) is 2.22. The van der Waals surface area contributed by atoms with E-state index in [4.69, 9.17) is 11.6 Å². The molecule has 2 fully saturated rings. The van der Waals surface area contributed by atoms with Gasteiger partial charge in [0.15, 0.2) is 0 Å². The minimum atomic E-state index is -0.331. The van der Waals surface area contributed by atoms with Gasteiger partial charge in [-0.2, -0.15) is 0 Å². The molecule has 2 N–H and O–H groups in total. The predicted octanol–water partition coefficient (Wildman–Crippen LogP) is 3.37. The molecule has 0 aromatic heterocycles. The van der Waals surface area contributed by atoms with Gasteiger partial charge in [0, 0.05) is 39.9 Å². The summed E-state index contributed by atoms with van der Waals surface area (Å²) in [6, 6.07) is 7.35. The van der Waals surface area contributed by atoms with Crippen LogP contribution in [0.25, 0.3) is 0 Å². The van der Waals surface area contributed by atoms with Crippen LogP contribution in [0.5, 0.6) is 0 Å². The second-order valence-corrected chi connectivity index (χ2v) is 8.62. The van der Waals surface area contributed by atoms with E-state index < -0.39 is 0 Å². The lowest BCUT2D eigenvalue weighted by Crippen LogP contribution is -2.51. The van der Waals surface area contributed by atoms with Gasteiger partial charge in [-0.05, 0) is 58.7 Å². The van der Waals surface area contributed by atoms with Crippen LogP contribution in [0.2, 0.25) is 5.02 Å². The number of halogens is 1. The Balaban J connectivity index is 1.55. The largest absolute Gasteiger partial charge is 0.379 e. The number of benzene rings is 1. The fourth-order valence-corrected chi connectivity index (χ4v) is 5.28. The number of piperidine rings is 1. The van der Waals surface area contributed by atoms with Crippen LogP contribution in [0.1, 0.15) is 51.0 Å². The average Bonchev–Trinajstić information content (AvgIpc) is 2.88. The van der Waals surface area contributed by atoms with E-state index in [1.165, 1.54) is 12.8 Å². The Morgan fingerprint density at radius 1 is 1.29 bits per heavy atom. The highest BCUT2D eigenvalue weighted by Gasteiger charge is 2.46. The third kappa shape index (κ3) is 2.51. The first-order valence-corrected chi connectivity index (χ1v) is 9.33. The van der Waals surface area contributed by atoms with Crippen molar-refractivity contribution in [1.29, 1.82) is 0 Å². The Labute approximate surface area is 148 Å². The number of anilines is 1. The highest BCUT2D eigenvalue weighted by Crippen LogP contribution is 2.46. The molecule has 1 amide bonds. The normalized spacial score (nSPS) is 33.8. The van der Waals surface area contributed by atoms with Crippen molar-refractivity contribution in [2.24, 2.45) is 0 Å². The van der Waals surface area contributed by atoms with Gasteiger partial charge in [-0.1, -0.05) is 17.7 Å². The molecule has 3 unspecified atom stereocenters. The maximum absolute atomic E-state index is 13.1. The molecular weight excluding hydrogens is 322 g/mol. The summed E-state index contributed by atoms with van der Waals surface area (Å²) < 4.78 is 0. The van der Waals surface area contributed by atoms with Crippen LogP contribution in [0, 0.1) is 0 Å². The first-order chi connectivity index (χ1) is 11.4. The van der Waals surface area contributed by atoms with Crippen LogP contribution in [0.3, 0.4) is 0 Å². The molecule has 3 atom stereocenters. The minimum absolute atomic E-state index is 0.105. The Bertz CT molecular complexity index is 661. The molecule has 130 valence electrons. The molecule has 5 heteroatoms. The molecular formula is C19H26ClN3O. The summed E-state index contributed by atoms with van der Waals surface area (Å²) in [6.07, 6.45) is 4.65. The smallest absolute Gasteiger partial charge is 0.230 e. The van der Waals surface area contributed by atoms with Crippen LogP contribution >= 0.6 is 11.6 Å². The van der Waals surface area contributed by atoms with Crippen molar-refractivity contribution >= 4 is 23.2 Å². The molecule has 4 nitrogen and oxygen atoms in total. The van der Waals surface area contributed by atoms with Crippen LogP contribution in [-0.4, -0.2) is 41.5 Å². The summed E-state index contributed by atoms with van der Waals surface area (Å²) in [5, 5.41) is 7.48. The topological polar surface area (TPSA) is 44.4 Å². The van der Waals surface area contributed by atoms with E-state index in [1.807, 2.05) is 18.2 Å². The number of fused-ring (bicyclic) bond motifs is 3. The van der Waals surface area contributed by atoms with E-state index in [0.29, 0.717) is 17.1 Å². The predicted molar refractivity (Wildman–Crippen MR) is 97.6 cm³/mol. The number of hydrogen-bond donors (Lipinski definition) is 2. The third-order valence-corrected chi connectivity index (χ3v) is 6.56. The molecule has 1 aromatic rings. The van der Waals surface area contributed by atoms with Crippen molar-refractivity contribution in [2.45, 2.75) is 69.1 Å². The molecule has 1 aromatic carbocycles. The van der Waals surface area contributed by atoms with Gasteiger partial charge >= 0.3 is 0 Å². The van der Waals surface area contributed by atoms with Gasteiger partial charge in [-0.25, -0.2) is 0 Å². The highest BCUT2D eigenvalue weighted by atomic mass is 35.5. The Morgan fingerprint density at radius 3 is 2.62 bits per heavy atom.